The monoisotopic (exact) mass is 349 g/mol. The molecule has 1 aliphatic rings. The molecule has 1 saturated heterocycles. The zero-order chi connectivity index (χ0) is 18.7. The number of allylic oxidation sites excluding steroid dienone is 1. The van der Waals surface area contributed by atoms with Crippen LogP contribution >= 0.6 is 0 Å². The molecule has 1 aromatic carbocycles. The summed E-state index contributed by atoms with van der Waals surface area (Å²) in [5, 5.41) is 22.5. The number of piperidine rings is 1. The maximum Gasteiger partial charge on any atom is 0.126 e. The van der Waals surface area contributed by atoms with E-state index >= 15 is 0 Å². The minimum absolute atomic E-state index is 0.0277. The SMILES string of the molecule is C/C(=C(/N)c1ccc(C#N)cc1O)c1cncc(C2CCCNC2)c1N. The first-order valence-corrected chi connectivity index (χ1v) is 8.67. The van der Waals surface area contributed by atoms with Gasteiger partial charge in [-0.1, -0.05) is 0 Å². The number of pyridine rings is 1. The average Bonchev–Trinajstić information content (AvgIpc) is 2.67. The highest BCUT2D eigenvalue weighted by Crippen LogP contribution is 2.35. The molecule has 1 aliphatic heterocycles. The van der Waals surface area contributed by atoms with Crippen LogP contribution in [-0.2, 0) is 0 Å². The van der Waals surface area contributed by atoms with Crippen LogP contribution in [0.25, 0.3) is 11.3 Å². The minimum atomic E-state index is -0.0277. The van der Waals surface area contributed by atoms with Gasteiger partial charge in [-0.3, -0.25) is 4.98 Å². The molecule has 1 atom stereocenters. The molecule has 3 rings (SSSR count). The van der Waals surface area contributed by atoms with Crippen molar-refractivity contribution < 1.29 is 5.11 Å². The van der Waals surface area contributed by atoms with Crippen molar-refractivity contribution in [1.29, 1.82) is 5.26 Å². The number of nitrogens with zero attached hydrogens (tertiary/aromatic N) is 2. The number of phenols is 1. The third kappa shape index (κ3) is 3.35. The molecule has 134 valence electrons. The molecule has 2 heterocycles. The first-order chi connectivity index (χ1) is 12.5. The van der Waals surface area contributed by atoms with E-state index in [1.165, 1.54) is 6.07 Å². The average molecular weight is 349 g/mol. The summed E-state index contributed by atoms with van der Waals surface area (Å²) in [7, 11) is 0. The zero-order valence-corrected chi connectivity index (χ0v) is 14.8. The molecule has 1 unspecified atom stereocenters. The molecule has 2 aromatic rings. The normalized spacial score (nSPS) is 18.1. The molecule has 0 amide bonds. The molecule has 0 bridgehead atoms. The number of phenolic OH excluding ortho intramolecular Hbond substituents is 1. The van der Waals surface area contributed by atoms with Gasteiger partial charge in [0.2, 0.25) is 0 Å². The number of nitrogen functional groups attached to an aromatic ring is 1. The van der Waals surface area contributed by atoms with Crippen LogP contribution in [0.15, 0.2) is 30.6 Å². The summed E-state index contributed by atoms with van der Waals surface area (Å²) < 4.78 is 0. The largest absolute Gasteiger partial charge is 0.507 e. The van der Waals surface area contributed by atoms with Crippen LogP contribution in [0.3, 0.4) is 0 Å². The number of hydrogen-bond acceptors (Lipinski definition) is 6. The lowest BCUT2D eigenvalue weighted by atomic mass is 9.89. The van der Waals surface area contributed by atoms with Crippen LogP contribution in [0.1, 0.15) is 47.9 Å². The van der Waals surface area contributed by atoms with Gasteiger partial charge in [-0.2, -0.15) is 5.26 Å². The van der Waals surface area contributed by atoms with Crippen LogP contribution in [0.2, 0.25) is 0 Å². The van der Waals surface area contributed by atoms with Gasteiger partial charge in [0, 0.05) is 41.4 Å². The number of nitrogens with two attached hydrogens (primary N) is 2. The van der Waals surface area contributed by atoms with Gasteiger partial charge < -0.3 is 21.9 Å². The smallest absolute Gasteiger partial charge is 0.126 e. The molecule has 1 fully saturated rings. The summed E-state index contributed by atoms with van der Waals surface area (Å²) in [6, 6.07) is 6.67. The third-order valence-corrected chi connectivity index (χ3v) is 4.98. The second-order valence-corrected chi connectivity index (χ2v) is 6.62. The number of hydrogen-bond donors (Lipinski definition) is 4. The highest BCUT2D eigenvalue weighted by Gasteiger charge is 2.20. The molecule has 1 aromatic heterocycles. The Kier molecular flexibility index (Phi) is 5.10. The highest BCUT2D eigenvalue weighted by atomic mass is 16.3. The Labute approximate surface area is 153 Å². The van der Waals surface area contributed by atoms with E-state index in [9.17, 15) is 5.11 Å². The van der Waals surface area contributed by atoms with Gasteiger partial charge in [0.15, 0.2) is 0 Å². The quantitative estimate of drug-likeness (QED) is 0.676. The Morgan fingerprint density at radius 2 is 2.15 bits per heavy atom. The molecule has 0 spiro atoms. The van der Waals surface area contributed by atoms with E-state index in [1.54, 1.807) is 18.3 Å². The van der Waals surface area contributed by atoms with Crippen LogP contribution < -0.4 is 16.8 Å². The topological polar surface area (TPSA) is 121 Å². The predicted molar refractivity (Wildman–Crippen MR) is 103 cm³/mol. The summed E-state index contributed by atoms with van der Waals surface area (Å²) in [4.78, 5) is 4.36. The van der Waals surface area contributed by atoms with Gasteiger partial charge in [-0.25, -0.2) is 0 Å². The van der Waals surface area contributed by atoms with E-state index in [0.29, 0.717) is 28.4 Å². The Balaban J connectivity index is 2.02. The number of rotatable bonds is 3. The van der Waals surface area contributed by atoms with Crippen LogP contribution in [0.4, 0.5) is 5.69 Å². The predicted octanol–water partition coefficient (Wildman–Crippen LogP) is 2.55. The summed E-state index contributed by atoms with van der Waals surface area (Å²) in [5.41, 5.74) is 17.3. The van der Waals surface area contributed by atoms with Crippen molar-refractivity contribution in [3.05, 3.63) is 52.8 Å². The molecule has 26 heavy (non-hydrogen) atoms. The maximum absolute atomic E-state index is 10.2. The van der Waals surface area contributed by atoms with Crippen molar-refractivity contribution in [2.75, 3.05) is 18.8 Å². The number of anilines is 1. The lowest BCUT2D eigenvalue weighted by Gasteiger charge is -2.25. The fourth-order valence-corrected chi connectivity index (χ4v) is 3.40. The summed E-state index contributed by atoms with van der Waals surface area (Å²) in [6.07, 6.45) is 5.73. The van der Waals surface area contributed by atoms with E-state index in [1.807, 2.05) is 19.2 Å². The van der Waals surface area contributed by atoms with E-state index in [0.717, 1.165) is 42.6 Å². The van der Waals surface area contributed by atoms with Crippen molar-refractivity contribution in [1.82, 2.24) is 10.3 Å². The molecule has 0 radical (unpaired) electrons. The third-order valence-electron chi connectivity index (χ3n) is 4.98. The first-order valence-electron chi connectivity index (χ1n) is 8.67. The second kappa shape index (κ2) is 7.46. The van der Waals surface area contributed by atoms with Gasteiger partial charge in [0.1, 0.15) is 5.75 Å². The van der Waals surface area contributed by atoms with Crippen molar-refractivity contribution in [2.45, 2.75) is 25.7 Å². The van der Waals surface area contributed by atoms with E-state index in [-0.39, 0.29) is 5.75 Å². The fraction of sp³-hybridized carbons (Fsp3) is 0.300. The van der Waals surface area contributed by atoms with Crippen molar-refractivity contribution in [2.24, 2.45) is 5.73 Å². The van der Waals surface area contributed by atoms with Crippen molar-refractivity contribution in [3.8, 4) is 11.8 Å². The van der Waals surface area contributed by atoms with E-state index in [4.69, 9.17) is 16.7 Å². The van der Waals surface area contributed by atoms with Gasteiger partial charge in [-0.15, -0.1) is 0 Å². The zero-order valence-electron chi connectivity index (χ0n) is 14.8. The van der Waals surface area contributed by atoms with Gasteiger partial charge in [0.25, 0.3) is 0 Å². The number of nitrogens with one attached hydrogen (secondary N) is 1. The van der Waals surface area contributed by atoms with Crippen LogP contribution in [0.5, 0.6) is 5.75 Å². The van der Waals surface area contributed by atoms with Gasteiger partial charge in [0.05, 0.1) is 11.6 Å². The Morgan fingerprint density at radius 1 is 1.35 bits per heavy atom. The molecular formula is C20H23N5O. The molecule has 6 heteroatoms. The molecular weight excluding hydrogens is 326 g/mol. The Bertz CT molecular complexity index is 892. The standard InChI is InChI=1S/C20H23N5O/c1-12(19(22)15-5-4-13(8-21)7-18(15)26)16-10-25-11-17(20(16)23)14-3-2-6-24-9-14/h4-5,7,10-11,14,24,26H,2-3,6,9,22H2,1H3,(H2,23,25)/b19-12-. The van der Waals surface area contributed by atoms with E-state index < -0.39 is 0 Å². The molecule has 0 saturated carbocycles. The summed E-state index contributed by atoms with van der Waals surface area (Å²) in [6.45, 7) is 3.79. The Hall–Kier alpha value is -3.04. The van der Waals surface area contributed by atoms with Crippen LogP contribution in [-0.4, -0.2) is 23.2 Å². The van der Waals surface area contributed by atoms with E-state index in [2.05, 4.69) is 10.3 Å². The van der Waals surface area contributed by atoms with Crippen LogP contribution in [0, 0.1) is 11.3 Å². The van der Waals surface area contributed by atoms with Crippen molar-refractivity contribution in [3.63, 3.8) is 0 Å². The number of nitriles is 1. The number of benzene rings is 1. The fourth-order valence-electron chi connectivity index (χ4n) is 3.40. The highest BCUT2D eigenvalue weighted by molar-refractivity contribution is 5.93. The lowest BCUT2D eigenvalue weighted by Crippen LogP contribution is -2.29. The summed E-state index contributed by atoms with van der Waals surface area (Å²) >= 11 is 0. The molecule has 0 aliphatic carbocycles. The summed E-state index contributed by atoms with van der Waals surface area (Å²) in [5.74, 6) is 0.314. The lowest BCUT2D eigenvalue weighted by molar-refractivity contribution is 0.461. The number of aromatic nitrogens is 1. The van der Waals surface area contributed by atoms with Gasteiger partial charge in [-0.05, 0) is 61.6 Å². The minimum Gasteiger partial charge on any atom is -0.507 e. The first kappa shape index (κ1) is 17.8. The second-order valence-electron chi connectivity index (χ2n) is 6.62. The number of aromatic hydroxyl groups is 1. The van der Waals surface area contributed by atoms with Gasteiger partial charge >= 0.3 is 0 Å². The van der Waals surface area contributed by atoms with Crippen molar-refractivity contribution >= 4 is 17.0 Å². The molecule has 6 nitrogen and oxygen atoms in total. The molecule has 6 N–H and O–H groups in total. The Morgan fingerprint density at radius 3 is 2.81 bits per heavy atom. The maximum atomic E-state index is 10.2.